The van der Waals surface area contributed by atoms with Gasteiger partial charge < -0.3 is 5.32 Å². The molecule has 0 unspecified atom stereocenters. The summed E-state index contributed by atoms with van der Waals surface area (Å²) < 4.78 is 1.78. The maximum atomic E-state index is 12.4. The van der Waals surface area contributed by atoms with E-state index in [1.165, 1.54) is 18.4 Å². The van der Waals surface area contributed by atoms with Crippen LogP contribution in [0.3, 0.4) is 0 Å². The molecular formula is C18H24N4OS. The van der Waals surface area contributed by atoms with E-state index in [9.17, 15) is 4.79 Å². The molecule has 0 spiro atoms. The number of rotatable bonds is 4. The van der Waals surface area contributed by atoms with Gasteiger partial charge in [-0.1, -0.05) is 0 Å². The fourth-order valence-electron chi connectivity index (χ4n) is 3.94. The molecular weight excluding hydrogens is 320 g/mol. The van der Waals surface area contributed by atoms with Gasteiger partial charge in [-0.2, -0.15) is 5.10 Å². The van der Waals surface area contributed by atoms with E-state index >= 15 is 0 Å². The molecule has 2 aromatic heterocycles. The van der Waals surface area contributed by atoms with Crippen molar-refractivity contribution in [3.8, 4) is 0 Å². The van der Waals surface area contributed by atoms with Gasteiger partial charge in [0.25, 0.3) is 5.56 Å². The summed E-state index contributed by atoms with van der Waals surface area (Å²) in [4.78, 5) is 16.7. The maximum absolute atomic E-state index is 12.4. The van der Waals surface area contributed by atoms with Crippen LogP contribution in [0.15, 0.2) is 21.8 Å². The van der Waals surface area contributed by atoms with Crippen LogP contribution in [0.5, 0.6) is 0 Å². The minimum absolute atomic E-state index is 0.0922. The van der Waals surface area contributed by atoms with Gasteiger partial charge in [-0.15, -0.1) is 11.3 Å². The van der Waals surface area contributed by atoms with Crippen LogP contribution in [0.25, 0.3) is 0 Å². The Morgan fingerprint density at radius 1 is 1.21 bits per heavy atom. The molecule has 1 fully saturated rings. The number of aryl methyl sites for hydroxylation is 2. The zero-order valence-electron chi connectivity index (χ0n) is 13.9. The molecule has 6 heteroatoms. The number of aromatic nitrogens is 3. The Morgan fingerprint density at radius 3 is 2.83 bits per heavy atom. The van der Waals surface area contributed by atoms with Crippen LogP contribution in [-0.4, -0.2) is 20.8 Å². The SMILES string of the molecule is O=c1cc2c(nn1C1CCC(NCc3cscn3)CC1)CCCC2. The van der Waals surface area contributed by atoms with Gasteiger partial charge in [0, 0.05) is 24.0 Å². The second-order valence-corrected chi connectivity index (χ2v) is 7.69. The molecule has 2 aliphatic rings. The molecule has 1 saturated carbocycles. The van der Waals surface area contributed by atoms with Gasteiger partial charge in [-0.25, -0.2) is 9.67 Å². The van der Waals surface area contributed by atoms with Crippen molar-refractivity contribution in [1.29, 1.82) is 0 Å². The summed E-state index contributed by atoms with van der Waals surface area (Å²) in [6, 6.07) is 2.63. The summed E-state index contributed by atoms with van der Waals surface area (Å²) in [6.07, 6.45) is 8.69. The van der Waals surface area contributed by atoms with E-state index in [-0.39, 0.29) is 11.6 Å². The number of thiazole rings is 1. The predicted molar refractivity (Wildman–Crippen MR) is 95.4 cm³/mol. The van der Waals surface area contributed by atoms with Crippen molar-refractivity contribution in [1.82, 2.24) is 20.1 Å². The van der Waals surface area contributed by atoms with E-state index in [1.54, 1.807) is 16.0 Å². The van der Waals surface area contributed by atoms with E-state index in [2.05, 4.69) is 15.7 Å². The molecule has 1 N–H and O–H groups in total. The van der Waals surface area contributed by atoms with Gasteiger partial charge in [0.1, 0.15) is 0 Å². The lowest BCUT2D eigenvalue weighted by molar-refractivity contribution is 0.266. The highest BCUT2D eigenvalue weighted by Crippen LogP contribution is 2.28. The highest BCUT2D eigenvalue weighted by Gasteiger charge is 2.24. The van der Waals surface area contributed by atoms with Crippen molar-refractivity contribution in [2.75, 3.05) is 0 Å². The van der Waals surface area contributed by atoms with Gasteiger partial charge in [0.15, 0.2) is 0 Å². The molecule has 0 aromatic carbocycles. The largest absolute Gasteiger partial charge is 0.308 e. The third-order valence-electron chi connectivity index (χ3n) is 5.33. The lowest BCUT2D eigenvalue weighted by Crippen LogP contribution is -2.37. The first kappa shape index (κ1) is 16.0. The molecule has 24 heavy (non-hydrogen) atoms. The monoisotopic (exact) mass is 344 g/mol. The third-order valence-corrected chi connectivity index (χ3v) is 5.97. The Bertz CT molecular complexity index is 732. The highest BCUT2D eigenvalue weighted by atomic mass is 32.1. The lowest BCUT2D eigenvalue weighted by Gasteiger charge is -2.30. The standard InChI is InChI=1S/C18H24N4OS/c23-18-9-13-3-1-2-4-17(13)21-22(18)16-7-5-14(6-8-16)19-10-15-11-24-12-20-15/h9,11-12,14,16,19H,1-8,10H2. The van der Waals surface area contributed by atoms with Crippen LogP contribution < -0.4 is 10.9 Å². The van der Waals surface area contributed by atoms with Gasteiger partial charge in [-0.05, 0) is 56.9 Å². The first-order chi connectivity index (χ1) is 11.8. The topological polar surface area (TPSA) is 59.8 Å². The van der Waals surface area contributed by atoms with Crippen molar-refractivity contribution in [3.63, 3.8) is 0 Å². The third kappa shape index (κ3) is 3.44. The molecule has 4 rings (SSSR count). The summed E-state index contributed by atoms with van der Waals surface area (Å²) in [5, 5.41) is 10.4. The average molecular weight is 344 g/mol. The molecule has 0 bridgehead atoms. The van der Waals surface area contributed by atoms with E-state index in [4.69, 9.17) is 5.10 Å². The molecule has 0 aliphatic heterocycles. The van der Waals surface area contributed by atoms with Crippen molar-refractivity contribution in [2.24, 2.45) is 0 Å². The zero-order chi connectivity index (χ0) is 16.4. The molecule has 2 aliphatic carbocycles. The number of nitrogens with zero attached hydrogens (tertiary/aromatic N) is 3. The van der Waals surface area contributed by atoms with Crippen molar-refractivity contribution in [2.45, 2.75) is 70.0 Å². The molecule has 128 valence electrons. The zero-order valence-corrected chi connectivity index (χ0v) is 14.7. The normalized spacial score (nSPS) is 23.8. The first-order valence-corrected chi connectivity index (χ1v) is 9.96. The van der Waals surface area contributed by atoms with Crippen LogP contribution in [0, 0.1) is 0 Å². The maximum Gasteiger partial charge on any atom is 0.267 e. The molecule has 0 atom stereocenters. The Hall–Kier alpha value is -1.53. The minimum Gasteiger partial charge on any atom is -0.308 e. The van der Waals surface area contributed by atoms with Crippen LogP contribution >= 0.6 is 11.3 Å². The smallest absolute Gasteiger partial charge is 0.267 e. The fourth-order valence-corrected chi connectivity index (χ4v) is 4.50. The van der Waals surface area contributed by atoms with Crippen LogP contribution in [0.2, 0.25) is 0 Å². The van der Waals surface area contributed by atoms with Crippen molar-refractivity contribution < 1.29 is 0 Å². The molecule has 0 saturated heterocycles. The second kappa shape index (κ2) is 7.15. The van der Waals surface area contributed by atoms with E-state index in [0.29, 0.717) is 6.04 Å². The average Bonchev–Trinajstić information content (AvgIpc) is 3.13. The number of hydrogen-bond donors (Lipinski definition) is 1. The van der Waals surface area contributed by atoms with Gasteiger partial charge in [0.2, 0.25) is 0 Å². The number of nitrogens with one attached hydrogen (secondary N) is 1. The van der Waals surface area contributed by atoms with Gasteiger partial charge in [0.05, 0.1) is 22.9 Å². The Labute approximate surface area is 146 Å². The van der Waals surface area contributed by atoms with Crippen molar-refractivity contribution in [3.05, 3.63) is 44.3 Å². The van der Waals surface area contributed by atoms with Crippen molar-refractivity contribution >= 4 is 11.3 Å². The fraction of sp³-hybridized carbons (Fsp3) is 0.611. The summed E-state index contributed by atoms with van der Waals surface area (Å²) in [6.45, 7) is 0.843. The van der Waals surface area contributed by atoms with Gasteiger partial charge in [-0.3, -0.25) is 4.79 Å². The van der Waals surface area contributed by atoms with Gasteiger partial charge >= 0.3 is 0 Å². The summed E-state index contributed by atoms with van der Waals surface area (Å²) in [5.41, 5.74) is 5.43. The summed E-state index contributed by atoms with van der Waals surface area (Å²) in [7, 11) is 0. The molecule has 0 amide bonds. The quantitative estimate of drug-likeness (QED) is 0.926. The predicted octanol–water partition coefficient (Wildman–Crippen LogP) is 2.85. The molecule has 5 nitrogen and oxygen atoms in total. The van der Waals surface area contributed by atoms with E-state index < -0.39 is 0 Å². The molecule has 0 radical (unpaired) electrons. The first-order valence-electron chi connectivity index (χ1n) is 9.01. The molecule has 2 heterocycles. The summed E-state index contributed by atoms with van der Waals surface area (Å²) in [5.74, 6) is 0. The van der Waals surface area contributed by atoms with E-state index in [1.807, 2.05) is 11.6 Å². The number of fused-ring (bicyclic) bond motifs is 1. The Kier molecular flexibility index (Phi) is 4.76. The Morgan fingerprint density at radius 2 is 2.04 bits per heavy atom. The van der Waals surface area contributed by atoms with E-state index in [0.717, 1.165) is 56.5 Å². The van der Waals surface area contributed by atoms with Crippen LogP contribution in [0.1, 0.15) is 61.5 Å². The minimum atomic E-state index is 0.0922. The van der Waals surface area contributed by atoms with Crippen LogP contribution in [-0.2, 0) is 19.4 Å². The highest BCUT2D eigenvalue weighted by molar-refractivity contribution is 7.07. The second-order valence-electron chi connectivity index (χ2n) is 6.97. The van der Waals surface area contributed by atoms with Crippen LogP contribution in [0.4, 0.5) is 0 Å². The summed E-state index contributed by atoms with van der Waals surface area (Å²) >= 11 is 1.64. The molecule has 2 aromatic rings. The number of hydrogen-bond acceptors (Lipinski definition) is 5. The Balaban J connectivity index is 1.38. The lowest BCUT2D eigenvalue weighted by atomic mass is 9.91.